The summed E-state index contributed by atoms with van der Waals surface area (Å²) in [7, 11) is -3.64. The zero-order valence-corrected chi connectivity index (χ0v) is 12.4. The summed E-state index contributed by atoms with van der Waals surface area (Å²) in [5.41, 5.74) is -0.121. The molecule has 0 bridgehead atoms. The van der Waals surface area contributed by atoms with Gasteiger partial charge in [0, 0.05) is 13.1 Å². The van der Waals surface area contributed by atoms with Crippen molar-refractivity contribution in [3.8, 4) is 0 Å². The highest BCUT2D eigenvalue weighted by molar-refractivity contribution is 7.89. The third-order valence-corrected chi connectivity index (χ3v) is 5.37. The summed E-state index contributed by atoms with van der Waals surface area (Å²) < 4.78 is 26.6. The van der Waals surface area contributed by atoms with Crippen molar-refractivity contribution >= 4 is 16.0 Å². The summed E-state index contributed by atoms with van der Waals surface area (Å²) in [5, 5.41) is 10.8. The fourth-order valence-electron chi connectivity index (χ4n) is 2.73. The number of rotatable bonds is 3. The van der Waals surface area contributed by atoms with Crippen LogP contribution in [0.2, 0.25) is 0 Å². The quantitative estimate of drug-likeness (QED) is 0.823. The van der Waals surface area contributed by atoms with Gasteiger partial charge in [-0.3, -0.25) is 0 Å². The molecule has 20 heavy (non-hydrogen) atoms. The number of carboxylic acid groups (broad SMARTS) is 1. The van der Waals surface area contributed by atoms with Gasteiger partial charge in [-0.2, -0.15) is 4.31 Å². The van der Waals surface area contributed by atoms with Crippen molar-refractivity contribution in [2.75, 3.05) is 13.1 Å². The van der Waals surface area contributed by atoms with Gasteiger partial charge in [0.1, 0.15) is 0 Å². The van der Waals surface area contributed by atoms with Gasteiger partial charge in [0.25, 0.3) is 0 Å². The number of carboxylic acids is 1. The minimum atomic E-state index is -3.64. The average Bonchev–Trinajstić information content (AvgIpc) is 2.37. The molecule has 1 aliphatic heterocycles. The minimum Gasteiger partial charge on any atom is -0.545 e. The van der Waals surface area contributed by atoms with E-state index < -0.39 is 16.0 Å². The second kappa shape index (κ2) is 5.54. The zero-order chi connectivity index (χ0) is 14.9. The molecule has 6 heteroatoms. The number of nitrogens with zero attached hydrogens (tertiary/aromatic N) is 1. The molecular weight excluding hydrogens is 278 g/mol. The first-order chi connectivity index (χ1) is 9.30. The number of hydrogen-bond donors (Lipinski definition) is 0. The molecule has 1 heterocycles. The SMILES string of the molecule is C[C@@H]1C[C@@H](C)CN(S(=O)(=O)c2cccc(C(=O)[O-])c2)C1. The smallest absolute Gasteiger partial charge is 0.243 e. The third kappa shape index (κ3) is 3.02. The Balaban J connectivity index is 2.34. The highest BCUT2D eigenvalue weighted by Crippen LogP contribution is 2.26. The Labute approximate surface area is 119 Å². The van der Waals surface area contributed by atoms with E-state index in [2.05, 4.69) is 0 Å². The van der Waals surface area contributed by atoms with Crippen LogP contribution in [0.4, 0.5) is 0 Å². The summed E-state index contributed by atoms with van der Waals surface area (Å²) in [5.74, 6) is -0.766. The molecule has 0 radical (unpaired) electrons. The Morgan fingerprint density at radius 2 is 1.85 bits per heavy atom. The molecule has 0 N–H and O–H groups in total. The molecule has 5 nitrogen and oxygen atoms in total. The average molecular weight is 296 g/mol. The maximum absolute atomic E-state index is 12.6. The van der Waals surface area contributed by atoms with Crippen molar-refractivity contribution in [1.29, 1.82) is 0 Å². The lowest BCUT2D eigenvalue weighted by Crippen LogP contribution is -2.42. The van der Waals surface area contributed by atoms with E-state index in [1.165, 1.54) is 22.5 Å². The molecule has 1 aliphatic rings. The number of carbonyl (C=O) groups is 1. The van der Waals surface area contributed by atoms with Gasteiger partial charge in [0.15, 0.2) is 0 Å². The Bertz CT molecular complexity index is 601. The summed E-state index contributed by atoms with van der Waals surface area (Å²) in [6.07, 6.45) is 1.01. The van der Waals surface area contributed by atoms with Crippen molar-refractivity contribution in [3.05, 3.63) is 29.8 Å². The molecular formula is C14H18NO4S-. The molecule has 0 amide bonds. The first-order valence-electron chi connectivity index (χ1n) is 6.62. The molecule has 0 saturated carbocycles. The Kier molecular flexibility index (Phi) is 4.15. The molecule has 0 unspecified atom stereocenters. The fourth-order valence-corrected chi connectivity index (χ4v) is 4.46. The van der Waals surface area contributed by atoms with Crippen LogP contribution in [0.25, 0.3) is 0 Å². The predicted octanol–water partition coefficient (Wildman–Crippen LogP) is 0.717. The maximum atomic E-state index is 12.6. The number of aromatic carboxylic acids is 1. The minimum absolute atomic E-state index is 0.0144. The number of piperidine rings is 1. The topological polar surface area (TPSA) is 77.5 Å². The lowest BCUT2D eigenvalue weighted by Gasteiger charge is -2.34. The van der Waals surface area contributed by atoms with Gasteiger partial charge in [-0.05, 0) is 36.0 Å². The molecule has 0 aliphatic carbocycles. The van der Waals surface area contributed by atoms with Gasteiger partial charge in [-0.1, -0.05) is 26.0 Å². The summed E-state index contributed by atoms with van der Waals surface area (Å²) >= 11 is 0. The predicted molar refractivity (Wildman–Crippen MR) is 72.5 cm³/mol. The highest BCUT2D eigenvalue weighted by atomic mass is 32.2. The van der Waals surface area contributed by atoms with Crippen LogP contribution in [0.3, 0.4) is 0 Å². The van der Waals surface area contributed by atoms with E-state index in [4.69, 9.17) is 0 Å². The van der Waals surface area contributed by atoms with Crippen LogP contribution in [-0.2, 0) is 10.0 Å². The van der Waals surface area contributed by atoms with Crippen molar-refractivity contribution < 1.29 is 18.3 Å². The van der Waals surface area contributed by atoms with Crippen LogP contribution in [0.15, 0.2) is 29.2 Å². The second-order valence-corrected chi connectivity index (χ2v) is 7.52. The van der Waals surface area contributed by atoms with Gasteiger partial charge in [0.2, 0.25) is 10.0 Å². The van der Waals surface area contributed by atoms with Crippen molar-refractivity contribution in [3.63, 3.8) is 0 Å². The third-order valence-electron chi connectivity index (χ3n) is 3.54. The van der Waals surface area contributed by atoms with Crippen molar-refractivity contribution in [2.45, 2.75) is 25.2 Å². The van der Waals surface area contributed by atoms with Crippen LogP contribution in [0.5, 0.6) is 0 Å². The first kappa shape index (κ1) is 15.0. The van der Waals surface area contributed by atoms with Gasteiger partial charge >= 0.3 is 0 Å². The Morgan fingerprint density at radius 3 is 2.40 bits per heavy atom. The second-order valence-electron chi connectivity index (χ2n) is 5.58. The summed E-state index contributed by atoms with van der Waals surface area (Å²) in [6, 6.07) is 5.34. The van der Waals surface area contributed by atoms with Gasteiger partial charge in [-0.15, -0.1) is 0 Å². The van der Waals surface area contributed by atoms with E-state index in [9.17, 15) is 18.3 Å². The standard InChI is InChI=1S/C14H19NO4S/c1-10-6-11(2)9-15(8-10)20(18,19)13-5-3-4-12(7-13)14(16)17/h3-5,7,10-11H,6,8-9H2,1-2H3,(H,16,17)/p-1/t10-,11-/m1/s1. The monoisotopic (exact) mass is 296 g/mol. The Hall–Kier alpha value is -1.40. The molecule has 1 aromatic carbocycles. The van der Waals surface area contributed by atoms with E-state index >= 15 is 0 Å². The van der Waals surface area contributed by atoms with Crippen molar-refractivity contribution in [1.82, 2.24) is 4.31 Å². The summed E-state index contributed by atoms with van der Waals surface area (Å²) in [4.78, 5) is 10.9. The number of hydrogen-bond acceptors (Lipinski definition) is 4. The molecule has 2 rings (SSSR count). The van der Waals surface area contributed by atoms with Gasteiger partial charge in [0.05, 0.1) is 10.9 Å². The van der Waals surface area contributed by atoms with Gasteiger partial charge < -0.3 is 9.90 Å². The van der Waals surface area contributed by atoms with Crippen LogP contribution < -0.4 is 5.11 Å². The molecule has 0 spiro atoms. The number of carbonyl (C=O) groups excluding carboxylic acids is 1. The maximum Gasteiger partial charge on any atom is 0.243 e. The number of benzene rings is 1. The molecule has 1 saturated heterocycles. The lowest BCUT2D eigenvalue weighted by molar-refractivity contribution is -0.255. The molecule has 0 aromatic heterocycles. The van der Waals surface area contributed by atoms with Crippen molar-refractivity contribution in [2.24, 2.45) is 11.8 Å². The highest BCUT2D eigenvalue weighted by Gasteiger charge is 2.31. The molecule has 2 atom stereocenters. The van der Waals surface area contributed by atoms with E-state index in [-0.39, 0.29) is 10.5 Å². The lowest BCUT2D eigenvalue weighted by atomic mass is 9.94. The van der Waals surface area contributed by atoms with Crippen LogP contribution in [-0.4, -0.2) is 31.8 Å². The normalized spacial score (nSPS) is 24.5. The first-order valence-corrected chi connectivity index (χ1v) is 8.06. The molecule has 1 aromatic rings. The van der Waals surface area contributed by atoms with E-state index in [0.29, 0.717) is 24.9 Å². The van der Waals surface area contributed by atoms with Crippen LogP contribution in [0.1, 0.15) is 30.6 Å². The van der Waals surface area contributed by atoms with Gasteiger partial charge in [-0.25, -0.2) is 8.42 Å². The van der Waals surface area contributed by atoms with E-state index in [1.807, 2.05) is 13.8 Å². The van der Waals surface area contributed by atoms with E-state index in [1.54, 1.807) is 0 Å². The van der Waals surface area contributed by atoms with E-state index in [0.717, 1.165) is 12.5 Å². The Morgan fingerprint density at radius 1 is 1.25 bits per heavy atom. The largest absolute Gasteiger partial charge is 0.545 e. The fraction of sp³-hybridized carbons (Fsp3) is 0.500. The van der Waals surface area contributed by atoms with Crippen LogP contribution >= 0.6 is 0 Å². The zero-order valence-electron chi connectivity index (χ0n) is 11.6. The molecule has 1 fully saturated rings. The van der Waals surface area contributed by atoms with Crippen LogP contribution in [0, 0.1) is 11.8 Å². The number of sulfonamides is 1. The summed E-state index contributed by atoms with van der Waals surface area (Å²) in [6.45, 7) is 5.00. The molecule has 110 valence electrons.